The van der Waals surface area contributed by atoms with Gasteiger partial charge in [0, 0.05) is 25.3 Å². The molecule has 2 N–H and O–H groups in total. The first-order valence-corrected chi connectivity index (χ1v) is 6.00. The molecule has 16 heavy (non-hydrogen) atoms. The van der Waals surface area contributed by atoms with Crippen molar-refractivity contribution in [1.29, 1.82) is 0 Å². The van der Waals surface area contributed by atoms with E-state index in [4.69, 9.17) is 5.73 Å². The predicted octanol–water partition coefficient (Wildman–Crippen LogP) is 2.73. The Morgan fingerprint density at radius 3 is 2.69 bits per heavy atom. The molecule has 0 spiro atoms. The average molecular weight is 221 g/mol. The third-order valence-electron chi connectivity index (χ3n) is 3.02. The number of hydrogen-bond donors (Lipinski definition) is 1. The van der Waals surface area contributed by atoms with Gasteiger partial charge in [-0.05, 0) is 38.0 Å². The molecule has 0 saturated heterocycles. The summed E-state index contributed by atoms with van der Waals surface area (Å²) in [7, 11) is 2.09. The van der Waals surface area contributed by atoms with Gasteiger partial charge >= 0.3 is 0 Å². The van der Waals surface area contributed by atoms with Crippen LogP contribution in [0, 0.1) is 0 Å². The van der Waals surface area contributed by atoms with Gasteiger partial charge in [-0.1, -0.05) is 13.3 Å². The summed E-state index contributed by atoms with van der Waals surface area (Å²) in [4.78, 5) is 6.61. The Bertz CT molecular complexity index is 323. The minimum Gasteiger partial charge on any atom is -0.357 e. The topological polar surface area (TPSA) is 42.1 Å². The van der Waals surface area contributed by atoms with E-state index < -0.39 is 0 Å². The highest BCUT2D eigenvalue weighted by Gasteiger charge is 2.11. The number of aromatic nitrogens is 1. The van der Waals surface area contributed by atoms with Crippen molar-refractivity contribution in [3.8, 4) is 0 Å². The lowest BCUT2D eigenvalue weighted by molar-refractivity contribution is 0.610. The van der Waals surface area contributed by atoms with Crippen molar-refractivity contribution in [3.05, 3.63) is 23.9 Å². The van der Waals surface area contributed by atoms with Crippen LogP contribution < -0.4 is 10.6 Å². The van der Waals surface area contributed by atoms with Crippen LogP contribution in [0.3, 0.4) is 0 Å². The fraction of sp³-hybridized carbons (Fsp3) is 0.615. The second-order valence-corrected chi connectivity index (χ2v) is 4.48. The van der Waals surface area contributed by atoms with E-state index in [1.807, 2.05) is 19.2 Å². The number of pyridine rings is 1. The van der Waals surface area contributed by atoms with Crippen LogP contribution in [-0.2, 0) is 0 Å². The average Bonchev–Trinajstić information content (AvgIpc) is 2.28. The van der Waals surface area contributed by atoms with Crippen molar-refractivity contribution in [3.63, 3.8) is 0 Å². The van der Waals surface area contributed by atoms with Crippen LogP contribution in [0.15, 0.2) is 18.3 Å². The monoisotopic (exact) mass is 221 g/mol. The van der Waals surface area contributed by atoms with Crippen LogP contribution in [0.5, 0.6) is 0 Å². The third kappa shape index (κ3) is 3.20. The quantitative estimate of drug-likeness (QED) is 0.831. The van der Waals surface area contributed by atoms with E-state index in [1.54, 1.807) is 0 Å². The van der Waals surface area contributed by atoms with E-state index in [0.717, 1.165) is 11.4 Å². The third-order valence-corrected chi connectivity index (χ3v) is 3.02. The maximum absolute atomic E-state index is 5.87. The summed E-state index contributed by atoms with van der Waals surface area (Å²) >= 11 is 0. The minimum atomic E-state index is 0.0663. The van der Waals surface area contributed by atoms with E-state index in [0.29, 0.717) is 6.04 Å². The van der Waals surface area contributed by atoms with Gasteiger partial charge in [0.25, 0.3) is 0 Å². The van der Waals surface area contributed by atoms with E-state index >= 15 is 0 Å². The Balaban J connectivity index is 2.82. The molecule has 0 radical (unpaired) electrons. The molecule has 0 fully saturated rings. The lowest BCUT2D eigenvalue weighted by atomic mass is 10.1. The highest BCUT2D eigenvalue weighted by Crippen LogP contribution is 2.18. The molecule has 1 heterocycles. The second-order valence-electron chi connectivity index (χ2n) is 4.48. The summed E-state index contributed by atoms with van der Waals surface area (Å²) in [5, 5.41) is 0. The lowest BCUT2D eigenvalue weighted by Gasteiger charge is -2.26. The smallest absolute Gasteiger partial charge is 0.128 e. The molecule has 2 atom stereocenters. The molecule has 3 nitrogen and oxygen atoms in total. The number of nitrogens with zero attached hydrogens (tertiary/aromatic N) is 2. The highest BCUT2D eigenvalue weighted by atomic mass is 15.2. The SMILES string of the molecule is CCCC(C)N(C)c1cc([C@@H](C)N)ccn1. The zero-order valence-electron chi connectivity index (χ0n) is 10.8. The fourth-order valence-corrected chi connectivity index (χ4v) is 1.75. The molecule has 0 bridgehead atoms. The number of nitrogens with two attached hydrogens (primary N) is 1. The summed E-state index contributed by atoms with van der Waals surface area (Å²) in [5.74, 6) is 1.01. The van der Waals surface area contributed by atoms with Crippen LogP contribution in [0.1, 0.15) is 45.2 Å². The first-order valence-electron chi connectivity index (χ1n) is 6.00. The summed E-state index contributed by atoms with van der Waals surface area (Å²) in [5.41, 5.74) is 7.01. The molecule has 0 aliphatic heterocycles. The summed E-state index contributed by atoms with van der Waals surface area (Å²) in [6, 6.07) is 4.64. The summed E-state index contributed by atoms with van der Waals surface area (Å²) < 4.78 is 0. The van der Waals surface area contributed by atoms with Crippen LogP contribution in [0.4, 0.5) is 5.82 Å². The van der Waals surface area contributed by atoms with Gasteiger partial charge in [0.2, 0.25) is 0 Å². The summed E-state index contributed by atoms with van der Waals surface area (Å²) in [6.45, 7) is 6.43. The van der Waals surface area contributed by atoms with E-state index in [2.05, 4.69) is 36.8 Å². The standard InChI is InChI=1S/C13H23N3/c1-5-6-10(2)16(4)13-9-12(11(3)14)7-8-15-13/h7-11H,5-6,14H2,1-4H3/t10?,11-/m1/s1. The van der Waals surface area contributed by atoms with Gasteiger partial charge in [-0.2, -0.15) is 0 Å². The Hall–Kier alpha value is -1.09. The molecule has 3 heteroatoms. The molecule has 0 amide bonds. The molecule has 1 rings (SSSR count). The first kappa shape index (κ1) is 13.0. The van der Waals surface area contributed by atoms with Crippen molar-refractivity contribution in [2.24, 2.45) is 5.73 Å². The van der Waals surface area contributed by atoms with Crippen molar-refractivity contribution in [1.82, 2.24) is 4.98 Å². The number of hydrogen-bond acceptors (Lipinski definition) is 3. The molecular formula is C13H23N3. The molecule has 1 unspecified atom stereocenters. The zero-order valence-corrected chi connectivity index (χ0v) is 10.8. The molecule has 0 saturated carbocycles. The van der Waals surface area contributed by atoms with Crippen molar-refractivity contribution < 1.29 is 0 Å². The molecule has 1 aromatic heterocycles. The summed E-state index contributed by atoms with van der Waals surface area (Å²) in [6.07, 6.45) is 4.21. The van der Waals surface area contributed by atoms with Gasteiger partial charge in [-0.25, -0.2) is 4.98 Å². The minimum absolute atomic E-state index is 0.0663. The first-order chi connectivity index (χ1) is 7.56. The van der Waals surface area contributed by atoms with Crippen molar-refractivity contribution in [2.75, 3.05) is 11.9 Å². The molecule has 1 aromatic rings. The Morgan fingerprint density at radius 2 is 2.12 bits per heavy atom. The van der Waals surface area contributed by atoms with Crippen molar-refractivity contribution >= 4 is 5.82 Å². The largest absolute Gasteiger partial charge is 0.357 e. The number of rotatable bonds is 5. The Labute approximate surface area is 98.7 Å². The van der Waals surface area contributed by atoms with E-state index in [9.17, 15) is 0 Å². The van der Waals surface area contributed by atoms with Gasteiger partial charge in [0.1, 0.15) is 5.82 Å². The van der Waals surface area contributed by atoms with Gasteiger partial charge < -0.3 is 10.6 Å². The molecule has 0 aromatic carbocycles. The predicted molar refractivity (Wildman–Crippen MR) is 69.6 cm³/mol. The Kier molecular flexibility index (Phi) is 4.74. The molecular weight excluding hydrogens is 198 g/mol. The second kappa shape index (κ2) is 5.85. The molecule has 90 valence electrons. The van der Waals surface area contributed by atoms with Gasteiger partial charge in [-0.15, -0.1) is 0 Å². The lowest BCUT2D eigenvalue weighted by Crippen LogP contribution is -2.29. The van der Waals surface area contributed by atoms with Gasteiger partial charge in [-0.3, -0.25) is 0 Å². The van der Waals surface area contributed by atoms with Crippen molar-refractivity contribution in [2.45, 2.75) is 45.7 Å². The maximum atomic E-state index is 5.87. The van der Waals surface area contributed by atoms with Crippen LogP contribution in [-0.4, -0.2) is 18.1 Å². The van der Waals surface area contributed by atoms with Crippen LogP contribution in [0.2, 0.25) is 0 Å². The van der Waals surface area contributed by atoms with E-state index in [1.165, 1.54) is 12.8 Å². The van der Waals surface area contributed by atoms with Crippen LogP contribution in [0.25, 0.3) is 0 Å². The molecule has 0 aliphatic rings. The normalized spacial score (nSPS) is 14.6. The molecule has 0 aliphatic carbocycles. The fourth-order valence-electron chi connectivity index (χ4n) is 1.75. The highest BCUT2D eigenvalue weighted by molar-refractivity contribution is 5.41. The van der Waals surface area contributed by atoms with Crippen LogP contribution >= 0.6 is 0 Å². The Morgan fingerprint density at radius 1 is 1.44 bits per heavy atom. The maximum Gasteiger partial charge on any atom is 0.128 e. The number of anilines is 1. The van der Waals surface area contributed by atoms with Gasteiger partial charge in [0.05, 0.1) is 0 Å². The zero-order chi connectivity index (χ0) is 12.1. The van der Waals surface area contributed by atoms with Gasteiger partial charge in [0.15, 0.2) is 0 Å². The van der Waals surface area contributed by atoms with E-state index in [-0.39, 0.29) is 6.04 Å².